The summed E-state index contributed by atoms with van der Waals surface area (Å²) in [5.74, 6) is -5.01. The van der Waals surface area contributed by atoms with Crippen molar-refractivity contribution in [3.05, 3.63) is 123 Å². The minimum absolute atomic E-state index is 0.0105. The van der Waals surface area contributed by atoms with Gasteiger partial charge in [0.1, 0.15) is 17.3 Å². The Morgan fingerprint density at radius 2 is 1.47 bits per heavy atom. The first kappa shape index (κ1) is 53.5. The monoisotopic (exact) mass is 1070 g/mol. The minimum atomic E-state index is -1.39. The molecule has 5 aliphatic rings. The maximum absolute atomic E-state index is 16.4. The Balaban J connectivity index is 0.689. The Bertz CT molecular complexity index is 2890. The number of benzene rings is 4. The van der Waals surface area contributed by atoms with Crippen molar-refractivity contribution in [3.8, 4) is 0 Å². The number of carbonyl (C=O) groups is 7. The van der Waals surface area contributed by atoms with Crippen molar-refractivity contribution in [1.82, 2.24) is 20.9 Å². The number of carbonyl (C=O) groups excluding carboxylic acids is 7. The first-order valence-electron chi connectivity index (χ1n) is 25.4. The number of amides is 7. The summed E-state index contributed by atoms with van der Waals surface area (Å²) in [4.78, 5) is 93.8. The molecule has 4 aromatic carbocycles. The highest BCUT2D eigenvalue weighted by Gasteiger charge is 2.73. The average Bonchev–Trinajstić information content (AvgIpc) is 4.07. The van der Waals surface area contributed by atoms with Gasteiger partial charge in [0.05, 0.1) is 48.6 Å². The third-order valence-electron chi connectivity index (χ3n) is 15.2. The third kappa shape index (κ3) is 10.7. The second-order valence-corrected chi connectivity index (χ2v) is 21.3. The van der Waals surface area contributed by atoms with E-state index in [2.05, 4.69) is 45.7 Å². The molecule has 9 rings (SSSR count). The standard InChI is InChI=1S/C55H60Cl2FN7O10/c1-53(2)19-21-54(22-20-53)55(37-16-13-33(56)31-40(37)62-52(55)72)44(36-8-3-9-38(57)45(36)58)46(64-54)49(69)61-34-14-11-32(12-15-34)47(67)60-24-6-26-74-28-30-75-29-27-73-25-5-23-59-39-10-4-7-35-43(39)51(71)65(50(35)70)41-17-18-42(66)63-48(41)68/h3-4,7-16,31,41,44,46,59,64H,5-6,17-30H2,1-2H3,(H,60,67)(H,61,69)(H,62,72)(H,63,66,68)/t41?,44-,46+,55+/m0/s1. The highest BCUT2D eigenvalue weighted by molar-refractivity contribution is 6.31. The summed E-state index contributed by atoms with van der Waals surface area (Å²) in [5.41, 5.74) is 0.699. The van der Waals surface area contributed by atoms with Gasteiger partial charge in [0.15, 0.2) is 0 Å². The molecule has 0 aromatic heterocycles. The van der Waals surface area contributed by atoms with Gasteiger partial charge in [-0.2, -0.15) is 0 Å². The van der Waals surface area contributed by atoms with Crippen LogP contribution >= 0.6 is 23.2 Å². The fourth-order valence-electron chi connectivity index (χ4n) is 11.4. The molecule has 2 spiro atoms. The van der Waals surface area contributed by atoms with Crippen LogP contribution in [0.5, 0.6) is 0 Å². The largest absolute Gasteiger partial charge is 0.384 e. The van der Waals surface area contributed by atoms with Crippen LogP contribution in [0.4, 0.5) is 21.5 Å². The molecule has 3 fully saturated rings. The lowest BCUT2D eigenvalue weighted by Gasteiger charge is -2.50. The molecule has 20 heteroatoms. The summed E-state index contributed by atoms with van der Waals surface area (Å²) in [7, 11) is 0. The molecule has 2 saturated heterocycles. The maximum atomic E-state index is 16.4. The van der Waals surface area contributed by atoms with Gasteiger partial charge in [-0.25, -0.2) is 4.39 Å². The van der Waals surface area contributed by atoms with Crippen LogP contribution in [0.25, 0.3) is 0 Å². The van der Waals surface area contributed by atoms with E-state index in [9.17, 15) is 33.6 Å². The lowest BCUT2D eigenvalue weighted by Crippen LogP contribution is -2.61. The van der Waals surface area contributed by atoms with Crippen molar-refractivity contribution in [2.45, 2.75) is 94.2 Å². The van der Waals surface area contributed by atoms with Gasteiger partial charge < -0.3 is 35.5 Å². The second kappa shape index (κ2) is 22.5. The molecule has 7 amide bonds. The van der Waals surface area contributed by atoms with Crippen LogP contribution in [0.1, 0.15) is 113 Å². The molecule has 4 aromatic rings. The van der Waals surface area contributed by atoms with E-state index in [1.54, 1.807) is 66.7 Å². The topological polar surface area (TPSA) is 223 Å². The minimum Gasteiger partial charge on any atom is -0.384 e. The van der Waals surface area contributed by atoms with Gasteiger partial charge in [0, 0.05) is 71.8 Å². The van der Waals surface area contributed by atoms with E-state index in [4.69, 9.17) is 37.4 Å². The number of ether oxygens (including phenoxy) is 3. The average molecular weight is 1070 g/mol. The predicted octanol–water partition coefficient (Wildman–Crippen LogP) is 7.13. The first-order chi connectivity index (χ1) is 36.0. The molecule has 17 nitrogen and oxygen atoms in total. The Kier molecular flexibility index (Phi) is 16.1. The SMILES string of the molecule is CC1(C)CCC2(CC1)N[C@@H](C(=O)Nc1ccc(C(=O)NCCCOCCOCCOCCCNc3cccc4c3C(=O)N(C3CCC(=O)NC3=O)C4=O)cc1)[C@H](c1cccc(Cl)c1F)[C@]21C(=O)Nc2cc(Cl)ccc21. The number of piperidine rings is 1. The zero-order chi connectivity index (χ0) is 53.1. The quantitative estimate of drug-likeness (QED) is 0.0385. The van der Waals surface area contributed by atoms with E-state index in [0.29, 0.717) is 112 Å². The molecule has 0 radical (unpaired) electrons. The van der Waals surface area contributed by atoms with Gasteiger partial charge in [-0.05, 0) is 116 Å². The molecular formula is C55H60Cl2FN7O10. The number of hydrogen-bond donors (Lipinski definition) is 6. The summed E-state index contributed by atoms with van der Waals surface area (Å²) in [6, 6.07) is 19.2. The number of fused-ring (bicyclic) bond motifs is 4. The second-order valence-electron chi connectivity index (χ2n) is 20.4. The van der Waals surface area contributed by atoms with Crippen molar-refractivity contribution in [2.75, 3.05) is 68.7 Å². The highest BCUT2D eigenvalue weighted by atomic mass is 35.5. The van der Waals surface area contributed by atoms with Gasteiger partial charge >= 0.3 is 0 Å². The molecule has 396 valence electrons. The van der Waals surface area contributed by atoms with E-state index < -0.39 is 64.3 Å². The third-order valence-corrected chi connectivity index (χ3v) is 15.7. The summed E-state index contributed by atoms with van der Waals surface area (Å²) in [6.45, 7) is 7.46. The van der Waals surface area contributed by atoms with Gasteiger partial charge in [0.2, 0.25) is 23.6 Å². The summed E-state index contributed by atoms with van der Waals surface area (Å²) in [6.07, 6.45) is 3.94. The molecule has 0 bridgehead atoms. The summed E-state index contributed by atoms with van der Waals surface area (Å²) in [5, 5.41) is 18.3. The molecule has 1 unspecified atom stereocenters. The van der Waals surface area contributed by atoms with E-state index in [1.165, 1.54) is 6.07 Å². The Labute approximate surface area is 443 Å². The van der Waals surface area contributed by atoms with Crippen molar-refractivity contribution in [1.29, 1.82) is 0 Å². The smallest absolute Gasteiger partial charge is 0.264 e. The van der Waals surface area contributed by atoms with Gasteiger partial charge in [0.25, 0.3) is 17.7 Å². The van der Waals surface area contributed by atoms with Crippen molar-refractivity contribution < 1.29 is 52.2 Å². The lowest BCUT2D eigenvalue weighted by molar-refractivity contribution is -0.136. The number of nitrogens with zero attached hydrogens (tertiary/aromatic N) is 1. The van der Waals surface area contributed by atoms with E-state index in [0.717, 1.165) is 17.7 Å². The lowest BCUT2D eigenvalue weighted by atomic mass is 9.53. The zero-order valence-corrected chi connectivity index (χ0v) is 43.2. The maximum Gasteiger partial charge on any atom is 0.264 e. The van der Waals surface area contributed by atoms with Crippen molar-refractivity contribution in [3.63, 3.8) is 0 Å². The molecule has 4 heterocycles. The van der Waals surface area contributed by atoms with E-state index >= 15 is 4.39 Å². The van der Waals surface area contributed by atoms with Crippen LogP contribution in [0.15, 0.2) is 78.9 Å². The van der Waals surface area contributed by atoms with Crippen LogP contribution in [0.2, 0.25) is 10.0 Å². The number of halogens is 3. The van der Waals surface area contributed by atoms with Gasteiger partial charge in [-0.3, -0.25) is 49.1 Å². The fraction of sp³-hybridized carbons (Fsp3) is 0.436. The van der Waals surface area contributed by atoms with Gasteiger partial charge in [-0.15, -0.1) is 0 Å². The summed E-state index contributed by atoms with van der Waals surface area (Å²) >= 11 is 12.8. The van der Waals surface area contributed by atoms with Crippen LogP contribution in [0, 0.1) is 11.2 Å². The Morgan fingerprint density at radius 1 is 0.787 bits per heavy atom. The van der Waals surface area contributed by atoms with Crippen LogP contribution in [-0.2, 0) is 38.8 Å². The number of nitrogens with one attached hydrogen (secondary N) is 6. The van der Waals surface area contributed by atoms with Crippen LogP contribution in [0.3, 0.4) is 0 Å². The highest BCUT2D eigenvalue weighted by Crippen LogP contribution is 2.64. The normalized spacial score (nSPS) is 22.3. The first-order valence-corrected chi connectivity index (χ1v) is 26.1. The number of imide groups is 2. The molecule has 1 aliphatic carbocycles. The molecule has 1 saturated carbocycles. The predicted molar refractivity (Wildman–Crippen MR) is 279 cm³/mol. The van der Waals surface area contributed by atoms with E-state index in [1.807, 2.05) is 6.07 Å². The molecule has 75 heavy (non-hydrogen) atoms. The molecule has 4 aliphatic heterocycles. The van der Waals surface area contributed by atoms with Gasteiger partial charge in [-0.1, -0.05) is 61.3 Å². The van der Waals surface area contributed by atoms with Crippen molar-refractivity contribution in [2.24, 2.45) is 5.41 Å². The number of anilines is 3. The van der Waals surface area contributed by atoms with Crippen LogP contribution in [-0.4, -0.2) is 117 Å². The molecular weight excluding hydrogens is 1010 g/mol. The zero-order valence-electron chi connectivity index (χ0n) is 41.7. The number of rotatable bonds is 20. The Hall–Kier alpha value is -6.28. The fourth-order valence-corrected chi connectivity index (χ4v) is 11.8. The van der Waals surface area contributed by atoms with Crippen molar-refractivity contribution >= 4 is 81.6 Å². The number of hydrogen-bond acceptors (Lipinski definition) is 12. The van der Waals surface area contributed by atoms with Crippen LogP contribution < -0.4 is 31.9 Å². The Morgan fingerprint density at radius 3 is 2.17 bits per heavy atom. The van der Waals surface area contributed by atoms with E-state index in [-0.39, 0.29) is 51.8 Å². The summed E-state index contributed by atoms with van der Waals surface area (Å²) < 4.78 is 33.3. The molecule has 4 atom stereocenters. The molecule has 6 N–H and O–H groups in total.